The maximum absolute atomic E-state index is 13.4. The van der Waals surface area contributed by atoms with Crippen LogP contribution in [0.15, 0.2) is 23.1 Å². The number of aromatic nitrogens is 2. The molecule has 1 aromatic carbocycles. The minimum absolute atomic E-state index is 0.0818. The molecule has 0 saturated heterocycles. The molecule has 0 amide bonds. The van der Waals surface area contributed by atoms with E-state index in [1.165, 1.54) is 20.0 Å². The molecule has 158 valence electrons. The van der Waals surface area contributed by atoms with Crippen molar-refractivity contribution in [3.63, 3.8) is 0 Å². The smallest absolute Gasteiger partial charge is 0.327 e. The zero-order valence-corrected chi connectivity index (χ0v) is 18.5. The molecule has 0 atom stereocenters. The Morgan fingerprint density at radius 3 is 2.48 bits per heavy atom. The van der Waals surface area contributed by atoms with Gasteiger partial charge in [-0.25, -0.2) is 13.4 Å². The number of methoxy groups -OCH3 is 1. The lowest BCUT2D eigenvalue weighted by Crippen LogP contribution is -2.52. The van der Waals surface area contributed by atoms with E-state index in [9.17, 15) is 13.2 Å². The van der Waals surface area contributed by atoms with Crippen LogP contribution < -0.4 is 0 Å². The standard InChI is InChI=1S/C22H30N2O4S/c1-21(2,3)13-19-23-17-12-16(8-9-18(17)24(19)14-15-6-7-15)29(26,27)22(10-5-11-22)20(25)28-4/h8-9,12,15H,5-7,10-11,13-14H2,1-4H3. The summed E-state index contributed by atoms with van der Waals surface area (Å²) in [6.45, 7) is 7.47. The third-order valence-electron chi connectivity index (χ3n) is 6.17. The molecule has 7 heteroatoms. The van der Waals surface area contributed by atoms with Crippen LogP contribution in [0.3, 0.4) is 0 Å². The van der Waals surface area contributed by atoms with Crippen LogP contribution in [-0.2, 0) is 32.3 Å². The number of benzene rings is 1. The summed E-state index contributed by atoms with van der Waals surface area (Å²) in [7, 11) is -2.59. The number of imidazole rings is 1. The second kappa shape index (κ2) is 6.83. The molecule has 2 saturated carbocycles. The van der Waals surface area contributed by atoms with Crippen molar-refractivity contribution >= 4 is 26.8 Å². The van der Waals surface area contributed by atoms with Crippen molar-refractivity contribution < 1.29 is 17.9 Å². The van der Waals surface area contributed by atoms with Crippen LogP contribution in [0.1, 0.15) is 58.7 Å². The first-order valence-corrected chi connectivity index (χ1v) is 11.9. The zero-order valence-electron chi connectivity index (χ0n) is 17.7. The van der Waals surface area contributed by atoms with Crippen LogP contribution in [0.2, 0.25) is 0 Å². The van der Waals surface area contributed by atoms with Crippen LogP contribution in [-0.4, -0.2) is 35.8 Å². The van der Waals surface area contributed by atoms with Gasteiger partial charge in [-0.05, 0) is 61.6 Å². The van der Waals surface area contributed by atoms with Gasteiger partial charge in [0.25, 0.3) is 0 Å². The summed E-state index contributed by atoms with van der Waals surface area (Å²) < 4.78 is 32.4. The predicted octanol–water partition coefficient (Wildman–Crippen LogP) is 3.90. The summed E-state index contributed by atoms with van der Waals surface area (Å²) in [5.41, 5.74) is 1.74. The average molecular weight is 419 g/mol. The third kappa shape index (κ3) is 3.47. The predicted molar refractivity (Wildman–Crippen MR) is 111 cm³/mol. The Morgan fingerprint density at radius 1 is 1.28 bits per heavy atom. The first kappa shape index (κ1) is 20.4. The molecule has 1 aromatic heterocycles. The molecule has 0 radical (unpaired) electrons. The summed E-state index contributed by atoms with van der Waals surface area (Å²) in [6.07, 6.45) is 4.63. The van der Waals surface area contributed by atoms with Gasteiger partial charge in [-0.3, -0.25) is 4.79 Å². The lowest BCUT2D eigenvalue weighted by atomic mass is 9.84. The molecule has 2 aliphatic carbocycles. The largest absolute Gasteiger partial charge is 0.468 e. The summed E-state index contributed by atoms with van der Waals surface area (Å²) in [4.78, 5) is 17.3. The van der Waals surface area contributed by atoms with Gasteiger partial charge in [-0.15, -0.1) is 0 Å². The number of fused-ring (bicyclic) bond motifs is 1. The average Bonchev–Trinajstić information content (AvgIpc) is 3.34. The Labute approximate surface area is 172 Å². The van der Waals surface area contributed by atoms with Crippen LogP contribution in [0.4, 0.5) is 0 Å². The van der Waals surface area contributed by atoms with Gasteiger partial charge < -0.3 is 9.30 Å². The molecule has 6 nitrogen and oxygen atoms in total. The molecule has 0 N–H and O–H groups in total. The number of nitrogens with zero attached hydrogens (tertiary/aromatic N) is 2. The van der Waals surface area contributed by atoms with Crippen molar-refractivity contribution in [3.05, 3.63) is 24.0 Å². The van der Waals surface area contributed by atoms with Crippen molar-refractivity contribution in [2.75, 3.05) is 7.11 Å². The number of carbonyl (C=O) groups is 1. The highest BCUT2D eigenvalue weighted by Crippen LogP contribution is 2.44. The van der Waals surface area contributed by atoms with Gasteiger partial charge in [0.2, 0.25) is 0 Å². The van der Waals surface area contributed by atoms with Gasteiger partial charge in [0.05, 0.1) is 23.0 Å². The molecule has 2 fully saturated rings. The van der Waals surface area contributed by atoms with Gasteiger partial charge >= 0.3 is 5.97 Å². The maximum atomic E-state index is 13.4. The Bertz CT molecular complexity index is 1050. The monoisotopic (exact) mass is 418 g/mol. The van der Waals surface area contributed by atoms with E-state index in [0.29, 0.717) is 30.7 Å². The van der Waals surface area contributed by atoms with E-state index >= 15 is 0 Å². The fraction of sp³-hybridized carbons (Fsp3) is 0.636. The highest BCUT2D eigenvalue weighted by atomic mass is 32.2. The molecule has 1 heterocycles. The highest BCUT2D eigenvalue weighted by Gasteiger charge is 2.56. The van der Waals surface area contributed by atoms with Gasteiger partial charge in [0.1, 0.15) is 5.82 Å². The van der Waals surface area contributed by atoms with Crippen LogP contribution in [0.5, 0.6) is 0 Å². The van der Waals surface area contributed by atoms with E-state index in [0.717, 1.165) is 24.3 Å². The Morgan fingerprint density at radius 2 is 1.97 bits per heavy atom. The SMILES string of the molecule is COC(=O)C1(S(=O)(=O)c2ccc3c(c2)nc(CC(C)(C)C)n3CC2CC2)CCC1. The minimum atomic E-state index is -3.84. The number of sulfone groups is 1. The summed E-state index contributed by atoms with van der Waals surface area (Å²) in [5.74, 6) is 1.03. The second-order valence-electron chi connectivity index (χ2n) is 9.81. The number of hydrogen-bond donors (Lipinski definition) is 0. The molecule has 4 rings (SSSR count). The molecular formula is C22H30N2O4S. The van der Waals surface area contributed by atoms with E-state index in [1.54, 1.807) is 12.1 Å². The van der Waals surface area contributed by atoms with Crippen LogP contribution in [0.25, 0.3) is 11.0 Å². The van der Waals surface area contributed by atoms with E-state index in [4.69, 9.17) is 9.72 Å². The third-order valence-corrected chi connectivity index (χ3v) is 8.65. The topological polar surface area (TPSA) is 78.3 Å². The van der Waals surface area contributed by atoms with Crippen molar-refractivity contribution in [2.24, 2.45) is 11.3 Å². The van der Waals surface area contributed by atoms with E-state index < -0.39 is 20.6 Å². The summed E-state index contributed by atoms with van der Waals surface area (Å²) in [5, 5.41) is 0. The number of esters is 1. The fourth-order valence-corrected chi connectivity index (χ4v) is 6.28. The normalized spacial score (nSPS) is 19.2. The number of ether oxygens (including phenoxy) is 1. The van der Waals surface area contributed by atoms with E-state index in [2.05, 4.69) is 25.3 Å². The quantitative estimate of drug-likeness (QED) is 0.665. The number of hydrogen-bond acceptors (Lipinski definition) is 5. The molecule has 0 spiro atoms. The molecule has 2 aromatic rings. The van der Waals surface area contributed by atoms with Crippen LogP contribution >= 0.6 is 0 Å². The zero-order chi connectivity index (χ0) is 21.0. The van der Waals surface area contributed by atoms with Crippen molar-refractivity contribution in [3.8, 4) is 0 Å². The second-order valence-corrected chi connectivity index (χ2v) is 12.1. The Kier molecular flexibility index (Phi) is 4.80. The van der Waals surface area contributed by atoms with Crippen molar-refractivity contribution in [1.29, 1.82) is 0 Å². The Balaban J connectivity index is 1.79. The first-order chi connectivity index (χ1) is 13.6. The molecular weight excluding hydrogens is 388 g/mol. The van der Waals surface area contributed by atoms with Crippen molar-refractivity contribution in [2.45, 2.75) is 75.5 Å². The molecule has 0 unspecified atom stereocenters. The summed E-state index contributed by atoms with van der Waals surface area (Å²) in [6, 6.07) is 5.13. The van der Waals surface area contributed by atoms with Gasteiger partial charge in [-0.2, -0.15) is 0 Å². The lowest BCUT2D eigenvalue weighted by molar-refractivity contribution is -0.146. The van der Waals surface area contributed by atoms with Gasteiger partial charge in [0, 0.05) is 13.0 Å². The molecule has 0 bridgehead atoms. The van der Waals surface area contributed by atoms with Gasteiger partial charge in [0.15, 0.2) is 14.6 Å². The Hall–Kier alpha value is -1.89. The van der Waals surface area contributed by atoms with E-state index in [1.807, 2.05) is 6.07 Å². The van der Waals surface area contributed by atoms with Crippen molar-refractivity contribution in [1.82, 2.24) is 9.55 Å². The van der Waals surface area contributed by atoms with E-state index in [-0.39, 0.29) is 10.3 Å². The molecule has 0 aliphatic heterocycles. The van der Waals surface area contributed by atoms with Crippen LogP contribution in [0, 0.1) is 11.3 Å². The molecule has 2 aliphatic rings. The highest BCUT2D eigenvalue weighted by molar-refractivity contribution is 7.93. The first-order valence-electron chi connectivity index (χ1n) is 10.4. The maximum Gasteiger partial charge on any atom is 0.327 e. The number of rotatable bonds is 6. The minimum Gasteiger partial charge on any atom is -0.468 e. The summed E-state index contributed by atoms with van der Waals surface area (Å²) >= 11 is 0. The fourth-order valence-electron chi connectivity index (χ4n) is 4.19. The van der Waals surface area contributed by atoms with Gasteiger partial charge in [-0.1, -0.05) is 20.8 Å². The number of carbonyl (C=O) groups excluding carboxylic acids is 1. The molecule has 29 heavy (non-hydrogen) atoms. The lowest BCUT2D eigenvalue weighted by Gasteiger charge is -2.37.